The van der Waals surface area contributed by atoms with Crippen molar-refractivity contribution in [3.05, 3.63) is 27.1 Å². The minimum atomic E-state index is -0.231. The van der Waals surface area contributed by atoms with Gasteiger partial charge in [-0.15, -0.1) is 0 Å². The number of hydrogen-bond donors (Lipinski definition) is 2. The fourth-order valence-corrected chi connectivity index (χ4v) is 1.87. The van der Waals surface area contributed by atoms with Gasteiger partial charge < -0.3 is 15.0 Å². The first-order chi connectivity index (χ1) is 7.68. The molecule has 2 N–H and O–H groups in total. The highest BCUT2D eigenvalue weighted by Gasteiger charge is 2.24. The number of carbonyl (C=O) groups excluding carboxylic acids is 1. The molecule has 0 spiro atoms. The third kappa shape index (κ3) is 2.33. The normalized spacial score (nSPS) is 19.7. The van der Waals surface area contributed by atoms with Crippen LogP contribution >= 0.6 is 15.9 Å². The second kappa shape index (κ2) is 4.80. The monoisotopic (exact) mass is 286 g/mol. The van der Waals surface area contributed by atoms with Crippen molar-refractivity contribution in [2.75, 3.05) is 18.5 Å². The van der Waals surface area contributed by atoms with Crippen molar-refractivity contribution < 1.29 is 9.53 Å². The maximum Gasteiger partial charge on any atom is 0.230 e. The molecule has 2 rings (SSSR count). The number of hydrogen-bond acceptors (Lipinski definition) is 3. The summed E-state index contributed by atoms with van der Waals surface area (Å²) in [5.74, 6) is -0.320. The van der Waals surface area contributed by atoms with Crippen LogP contribution < -0.4 is 10.7 Å². The quantitative estimate of drug-likeness (QED) is 0.856. The Hall–Kier alpha value is -1.14. The molecule has 1 aromatic heterocycles. The van der Waals surface area contributed by atoms with E-state index < -0.39 is 0 Å². The molecule has 16 heavy (non-hydrogen) atoms. The lowest BCUT2D eigenvalue weighted by molar-refractivity contribution is -0.119. The highest BCUT2D eigenvalue weighted by atomic mass is 79.9. The van der Waals surface area contributed by atoms with Crippen LogP contribution in [-0.4, -0.2) is 24.1 Å². The van der Waals surface area contributed by atoms with Crippen LogP contribution in [0.15, 0.2) is 21.7 Å². The van der Waals surface area contributed by atoms with E-state index in [4.69, 9.17) is 4.74 Å². The standard InChI is InChI=1S/C10H11BrN2O3/c11-7-3-12-4-8(9(7)14)13-10(15)6-1-2-16-5-6/h3-4,6H,1-2,5H2,(H,12,14)(H,13,15)/t6-/m0/s1. The summed E-state index contributed by atoms with van der Waals surface area (Å²) in [6.45, 7) is 1.03. The Morgan fingerprint density at radius 3 is 3.06 bits per heavy atom. The molecule has 0 aromatic carbocycles. The first-order valence-corrected chi connectivity index (χ1v) is 5.73. The van der Waals surface area contributed by atoms with Crippen LogP contribution in [0.4, 0.5) is 5.69 Å². The molecule has 1 aromatic rings. The Labute approximate surface area is 100 Å². The highest BCUT2D eigenvalue weighted by molar-refractivity contribution is 9.10. The largest absolute Gasteiger partial charge is 0.381 e. The van der Waals surface area contributed by atoms with Crippen molar-refractivity contribution in [3.63, 3.8) is 0 Å². The van der Waals surface area contributed by atoms with E-state index in [1.807, 2.05) is 0 Å². The van der Waals surface area contributed by atoms with E-state index in [2.05, 4.69) is 26.2 Å². The molecule has 1 amide bonds. The van der Waals surface area contributed by atoms with E-state index in [-0.39, 0.29) is 22.9 Å². The highest BCUT2D eigenvalue weighted by Crippen LogP contribution is 2.14. The molecule has 5 nitrogen and oxygen atoms in total. The fourth-order valence-electron chi connectivity index (χ4n) is 1.53. The second-order valence-corrected chi connectivity index (χ2v) is 4.45. The van der Waals surface area contributed by atoms with Crippen molar-refractivity contribution in [1.82, 2.24) is 4.98 Å². The number of aromatic nitrogens is 1. The molecule has 0 unspecified atom stereocenters. The molecule has 1 aliphatic heterocycles. The average molecular weight is 287 g/mol. The van der Waals surface area contributed by atoms with Gasteiger partial charge in [0.05, 0.1) is 17.0 Å². The van der Waals surface area contributed by atoms with Gasteiger partial charge in [-0.25, -0.2) is 0 Å². The second-order valence-electron chi connectivity index (χ2n) is 3.60. The molecule has 0 radical (unpaired) electrons. The number of aromatic amines is 1. The van der Waals surface area contributed by atoms with E-state index >= 15 is 0 Å². The predicted octanol–water partition coefficient (Wildman–Crippen LogP) is 1.11. The minimum Gasteiger partial charge on any atom is -0.381 e. The van der Waals surface area contributed by atoms with Gasteiger partial charge in [-0.1, -0.05) is 0 Å². The van der Waals surface area contributed by atoms with Gasteiger partial charge in [0.1, 0.15) is 5.69 Å². The first kappa shape index (κ1) is 11.3. The lowest BCUT2D eigenvalue weighted by Crippen LogP contribution is -2.26. The van der Waals surface area contributed by atoms with Gasteiger partial charge in [-0.2, -0.15) is 0 Å². The topological polar surface area (TPSA) is 71.2 Å². The lowest BCUT2D eigenvalue weighted by Gasteiger charge is -2.08. The average Bonchev–Trinajstić information content (AvgIpc) is 2.78. The molecule has 0 aliphatic carbocycles. The summed E-state index contributed by atoms with van der Waals surface area (Å²) >= 11 is 3.10. The van der Waals surface area contributed by atoms with Crippen molar-refractivity contribution in [1.29, 1.82) is 0 Å². The van der Waals surface area contributed by atoms with E-state index in [0.717, 1.165) is 0 Å². The molecule has 1 aliphatic rings. The molecule has 1 fully saturated rings. The van der Waals surface area contributed by atoms with E-state index in [9.17, 15) is 9.59 Å². The molecule has 2 heterocycles. The number of H-pyrrole nitrogens is 1. The zero-order chi connectivity index (χ0) is 11.5. The van der Waals surface area contributed by atoms with Gasteiger partial charge in [0, 0.05) is 19.0 Å². The number of pyridine rings is 1. The van der Waals surface area contributed by atoms with E-state index in [1.54, 1.807) is 0 Å². The van der Waals surface area contributed by atoms with Crippen LogP contribution in [0.25, 0.3) is 0 Å². The Morgan fingerprint density at radius 1 is 1.56 bits per heavy atom. The number of ether oxygens (including phenoxy) is 1. The van der Waals surface area contributed by atoms with Crippen LogP contribution in [0.2, 0.25) is 0 Å². The zero-order valence-corrected chi connectivity index (χ0v) is 10.0. The minimum absolute atomic E-state index is 0.154. The summed E-state index contributed by atoms with van der Waals surface area (Å²) in [5, 5.41) is 2.60. The molecular formula is C10H11BrN2O3. The molecule has 86 valence electrons. The van der Waals surface area contributed by atoms with Gasteiger partial charge in [0.2, 0.25) is 11.3 Å². The molecule has 1 atom stereocenters. The third-order valence-corrected chi connectivity index (χ3v) is 3.05. The van der Waals surface area contributed by atoms with Gasteiger partial charge >= 0.3 is 0 Å². The molecule has 0 bridgehead atoms. The molecule has 1 saturated heterocycles. The van der Waals surface area contributed by atoms with Gasteiger partial charge in [0.25, 0.3) is 0 Å². The number of rotatable bonds is 2. The van der Waals surface area contributed by atoms with Crippen LogP contribution in [-0.2, 0) is 9.53 Å². The smallest absolute Gasteiger partial charge is 0.230 e. The van der Waals surface area contributed by atoms with Gasteiger partial charge in [-0.05, 0) is 22.4 Å². The van der Waals surface area contributed by atoms with E-state index in [0.29, 0.717) is 24.1 Å². The number of nitrogens with one attached hydrogen (secondary N) is 2. The summed E-state index contributed by atoms with van der Waals surface area (Å²) in [4.78, 5) is 26.1. The van der Waals surface area contributed by atoms with Crippen LogP contribution in [0, 0.1) is 5.92 Å². The number of anilines is 1. The van der Waals surface area contributed by atoms with Crippen LogP contribution in [0.5, 0.6) is 0 Å². The SMILES string of the molecule is O=C(Nc1c[nH]cc(Br)c1=O)[C@H]1CCOC1. The summed E-state index contributed by atoms with van der Waals surface area (Å²) in [7, 11) is 0. The van der Waals surface area contributed by atoms with Crippen LogP contribution in [0.1, 0.15) is 6.42 Å². The Bertz CT molecular complexity index is 452. The predicted molar refractivity (Wildman–Crippen MR) is 62.3 cm³/mol. The van der Waals surface area contributed by atoms with Crippen molar-refractivity contribution in [2.45, 2.75) is 6.42 Å². The van der Waals surface area contributed by atoms with Crippen molar-refractivity contribution >= 4 is 27.5 Å². The number of halogens is 1. The molecule has 6 heteroatoms. The Morgan fingerprint density at radius 2 is 2.38 bits per heavy atom. The molecule has 0 saturated carbocycles. The summed E-state index contributed by atoms with van der Waals surface area (Å²) in [6.07, 6.45) is 3.70. The Balaban J connectivity index is 2.11. The van der Waals surface area contributed by atoms with Gasteiger partial charge in [0.15, 0.2) is 0 Å². The summed E-state index contributed by atoms with van der Waals surface area (Å²) in [6, 6.07) is 0. The maximum atomic E-state index is 11.7. The number of amides is 1. The third-order valence-electron chi connectivity index (χ3n) is 2.46. The van der Waals surface area contributed by atoms with E-state index in [1.165, 1.54) is 12.4 Å². The first-order valence-electron chi connectivity index (χ1n) is 4.93. The number of carbonyl (C=O) groups is 1. The Kier molecular flexibility index (Phi) is 3.40. The maximum absolute atomic E-state index is 11.7. The fraction of sp³-hybridized carbons (Fsp3) is 0.400. The van der Waals surface area contributed by atoms with Crippen molar-refractivity contribution in [3.8, 4) is 0 Å². The summed E-state index contributed by atoms with van der Waals surface area (Å²) < 4.78 is 5.51. The van der Waals surface area contributed by atoms with Crippen LogP contribution in [0.3, 0.4) is 0 Å². The van der Waals surface area contributed by atoms with Crippen molar-refractivity contribution in [2.24, 2.45) is 5.92 Å². The summed E-state index contributed by atoms with van der Waals surface area (Å²) in [5.41, 5.74) is 0.0253. The van der Waals surface area contributed by atoms with Gasteiger partial charge in [-0.3, -0.25) is 9.59 Å². The molecular weight excluding hydrogens is 276 g/mol. The zero-order valence-electron chi connectivity index (χ0n) is 8.46. The lowest BCUT2D eigenvalue weighted by atomic mass is 10.1.